The van der Waals surface area contributed by atoms with Crippen LogP contribution in [0.15, 0.2) is 17.6 Å². The summed E-state index contributed by atoms with van der Waals surface area (Å²) in [5.74, 6) is -0.0963. The molecule has 0 amide bonds. The summed E-state index contributed by atoms with van der Waals surface area (Å²) in [5.41, 5.74) is 0. The normalized spacial score (nSPS) is 12.8. The van der Waals surface area contributed by atoms with Crippen molar-refractivity contribution in [2.45, 2.75) is 24.3 Å². The van der Waals surface area contributed by atoms with Gasteiger partial charge < -0.3 is 14.3 Å². The summed E-state index contributed by atoms with van der Waals surface area (Å²) in [4.78, 5) is 24.9. The second kappa shape index (κ2) is 4.95. The van der Waals surface area contributed by atoms with Crippen LogP contribution in [0.3, 0.4) is 0 Å². The second-order valence-electron chi connectivity index (χ2n) is 3.38. The van der Waals surface area contributed by atoms with Crippen LogP contribution in [0.25, 0.3) is 0 Å². The van der Waals surface area contributed by atoms with E-state index in [4.69, 9.17) is 9.79 Å². The summed E-state index contributed by atoms with van der Waals surface area (Å²) < 4.78 is 27.8. The molecule has 0 saturated heterocycles. The van der Waals surface area contributed by atoms with Gasteiger partial charge in [0.15, 0.2) is 5.75 Å². The first-order chi connectivity index (χ1) is 7.63. The molecule has 0 aliphatic heterocycles. The number of rotatable bonds is 4. The fraction of sp³-hybridized carbons (Fsp3) is 0.429. The molecule has 1 heterocycles. The van der Waals surface area contributed by atoms with Gasteiger partial charge in [-0.2, -0.15) is 0 Å². The predicted octanol–water partition coefficient (Wildman–Crippen LogP) is 0.247. The summed E-state index contributed by atoms with van der Waals surface area (Å²) in [6.45, 7) is -0.850. The van der Waals surface area contributed by atoms with Crippen molar-refractivity contribution in [3.63, 3.8) is 0 Å². The molecule has 0 radical (unpaired) electrons. The smallest absolute Gasteiger partial charge is 0.375 e. The molecule has 0 spiro atoms. The molecule has 17 heavy (non-hydrogen) atoms. The lowest BCUT2D eigenvalue weighted by atomic mass is 10.6. The molecule has 1 aromatic rings. The molecule has 0 unspecified atom stereocenters. The minimum absolute atomic E-state index is 0.0963. The summed E-state index contributed by atoms with van der Waals surface area (Å²) in [6.07, 6.45) is 2.05. The molecule has 10 heteroatoms. The number of hydrogen-bond donors (Lipinski definition) is 2. The zero-order valence-corrected chi connectivity index (χ0v) is 11.5. The van der Waals surface area contributed by atoms with E-state index in [-0.39, 0.29) is 10.9 Å². The van der Waals surface area contributed by atoms with E-state index in [1.54, 1.807) is 0 Å². The Morgan fingerprint density at radius 1 is 1.35 bits per heavy atom. The van der Waals surface area contributed by atoms with Gasteiger partial charge in [0, 0.05) is 11.8 Å². The molecule has 0 fully saturated rings. The van der Waals surface area contributed by atoms with Crippen LogP contribution in [-0.4, -0.2) is 33.4 Å². The van der Waals surface area contributed by atoms with Crippen molar-refractivity contribution < 1.29 is 22.7 Å². The Morgan fingerprint density at radius 2 is 1.82 bits per heavy atom. The van der Waals surface area contributed by atoms with E-state index in [9.17, 15) is 8.42 Å². The lowest BCUT2D eigenvalue weighted by molar-refractivity contribution is 0.368. The van der Waals surface area contributed by atoms with Crippen LogP contribution in [0, 0.1) is 0 Å². The van der Waals surface area contributed by atoms with Crippen LogP contribution in [0.2, 0.25) is 0 Å². The van der Waals surface area contributed by atoms with Gasteiger partial charge in [-0.3, -0.25) is 0 Å². The molecule has 0 aliphatic carbocycles. The number of hydrogen-bond acceptors (Lipinski definition) is 6. The lowest BCUT2D eigenvalue weighted by Gasteiger charge is -2.10. The average molecular weight is 298 g/mol. The van der Waals surface area contributed by atoms with Gasteiger partial charge in [0.25, 0.3) is 0 Å². The SMILES string of the molecule is CC(C)S(=O)(=O)c1ncc(OP(O)(O)=S)cn1. The molecule has 0 atom stereocenters. The Hall–Kier alpha value is -0.600. The highest BCUT2D eigenvalue weighted by molar-refractivity contribution is 8.06. The van der Waals surface area contributed by atoms with E-state index >= 15 is 0 Å². The highest BCUT2D eigenvalue weighted by Crippen LogP contribution is 2.37. The number of aromatic nitrogens is 2. The predicted molar refractivity (Wildman–Crippen MR) is 63.7 cm³/mol. The van der Waals surface area contributed by atoms with E-state index in [1.807, 2.05) is 0 Å². The first kappa shape index (κ1) is 14.5. The van der Waals surface area contributed by atoms with Crippen molar-refractivity contribution >= 4 is 28.4 Å². The highest BCUT2D eigenvalue weighted by atomic mass is 32.5. The Labute approximate surface area is 104 Å². The lowest BCUT2D eigenvalue weighted by Crippen LogP contribution is -2.16. The van der Waals surface area contributed by atoms with E-state index in [2.05, 4.69) is 26.3 Å². The summed E-state index contributed by atoms with van der Waals surface area (Å²) in [6, 6.07) is 0. The van der Waals surface area contributed by atoms with Gasteiger partial charge in [-0.15, -0.1) is 0 Å². The van der Waals surface area contributed by atoms with Crippen molar-refractivity contribution in [3.05, 3.63) is 12.4 Å². The van der Waals surface area contributed by atoms with Crippen LogP contribution in [0.4, 0.5) is 0 Å². The van der Waals surface area contributed by atoms with Gasteiger partial charge >= 0.3 is 6.72 Å². The maximum atomic E-state index is 11.7. The molecule has 7 nitrogen and oxygen atoms in total. The third-order valence-electron chi connectivity index (χ3n) is 1.70. The molecule has 96 valence electrons. The van der Waals surface area contributed by atoms with Crippen LogP contribution < -0.4 is 4.52 Å². The van der Waals surface area contributed by atoms with Crippen LogP contribution >= 0.6 is 6.72 Å². The molecule has 0 saturated carbocycles. The maximum absolute atomic E-state index is 11.7. The van der Waals surface area contributed by atoms with E-state index in [0.29, 0.717) is 0 Å². The molecule has 2 N–H and O–H groups in total. The largest absolute Gasteiger partial charge is 0.421 e. The fourth-order valence-corrected chi connectivity index (χ4v) is 2.29. The molecule has 0 aromatic carbocycles. The van der Waals surface area contributed by atoms with E-state index in [0.717, 1.165) is 12.4 Å². The van der Waals surface area contributed by atoms with Crippen LogP contribution in [-0.2, 0) is 21.6 Å². The third-order valence-corrected chi connectivity index (χ3v) is 4.34. The standard InChI is InChI=1S/C7H11N2O5PS2/c1-5(2)17(12,13)7-8-3-6(4-9-7)14-15(10,11)16/h3-5H,1-2H3,(H2,10,11,16). The van der Waals surface area contributed by atoms with Crippen LogP contribution in [0.5, 0.6) is 5.75 Å². The summed E-state index contributed by atoms with van der Waals surface area (Å²) in [7, 11) is -3.56. The van der Waals surface area contributed by atoms with Gasteiger partial charge in [0.2, 0.25) is 15.0 Å². The zero-order chi connectivity index (χ0) is 13.3. The minimum Gasteiger partial charge on any atom is -0.421 e. The van der Waals surface area contributed by atoms with Gasteiger partial charge in [-0.05, 0) is 13.8 Å². The van der Waals surface area contributed by atoms with Gasteiger partial charge in [-0.1, -0.05) is 0 Å². The third kappa shape index (κ3) is 3.97. The molecule has 1 aromatic heterocycles. The van der Waals surface area contributed by atoms with E-state index < -0.39 is 21.8 Å². The van der Waals surface area contributed by atoms with Crippen molar-refractivity contribution in [3.8, 4) is 5.75 Å². The molecular weight excluding hydrogens is 287 g/mol. The number of sulfone groups is 1. The Bertz CT molecular complexity index is 536. The van der Waals surface area contributed by atoms with Crippen molar-refractivity contribution in [1.29, 1.82) is 0 Å². The van der Waals surface area contributed by atoms with Gasteiger partial charge in [0.05, 0.1) is 17.6 Å². The monoisotopic (exact) mass is 298 g/mol. The fourth-order valence-electron chi connectivity index (χ4n) is 0.847. The summed E-state index contributed by atoms with van der Waals surface area (Å²) >= 11 is 4.24. The molecule has 1 rings (SSSR count). The van der Waals surface area contributed by atoms with Crippen molar-refractivity contribution in [2.24, 2.45) is 0 Å². The molecule has 0 aliphatic rings. The highest BCUT2D eigenvalue weighted by Gasteiger charge is 2.22. The minimum atomic E-state index is -3.86. The second-order valence-corrected chi connectivity index (χ2v) is 8.37. The summed E-state index contributed by atoms with van der Waals surface area (Å²) in [5, 5.41) is -0.987. The van der Waals surface area contributed by atoms with Crippen LogP contribution in [0.1, 0.15) is 13.8 Å². The van der Waals surface area contributed by atoms with Crippen molar-refractivity contribution in [2.75, 3.05) is 0 Å². The Morgan fingerprint density at radius 3 is 2.18 bits per heavy atom. The molecular formula is C7H11N2O5PS2. The zero-order valence-electron chi connectivity index (χ0n) is 9.01. The first-order valence-corrected chi connectivity index (χ1v) is 8.61. The van der Waals surface area contributed by atoms with Crippen molar-refractivity contribution in [1.82, 2.24) is 9.97 Å². The topological polar surface area (TPSA) is 110 Å². The maximum Gasteiger partial charge on any atom is 0.375 e. The Kier molecular flexibility index (Phi) is 4.21. The van der Waals surface area contributed by atoms with Gasteiger partial charge in [-0.25, -0.2) is 18.4 Å². The Balaban J connectivity index is 3.01. The van der Waals surface area contributed by atoms with Gasteiger partial charge in [0.1, 0.15) is 0 Å². The first-order valence-electron chi connectivity index (χ1n) is 4.44. The average Bonchev–Trinajstić information content (AvgIpc) is 2.15. The number of nitrogens with zero attached hydrogens (tertiary/aromatic N) is 2. The van der Waals surface area contributed by atoms with E-state index in [1.165, 1.54) is 13.8 Å². The quantitative estimate of drug-likeness (QED) is 0.601. The molecule has 0 bridgehead atoms.